The van der Waals surface area contributed by atoms with Crippen LogP contribution in [0.25, 0.3) is 10.8 Å². The molecule has 0 aliphatic carbocycles. The quantitative estimate of drug-likeness (QED) is 0.663. The Morgan fingerprint density at radius 2 is 2.17 bits per heavy atom. The van der Waals surface area contributed by atoms with Crippen molar-refractivity contribution in [2.75, 3.05) is 7.05 Å². The normalized spacial score (nSPS) is 12.6. The van der Waals surface area contributed by atoms with Gasteiger partial charge in [0.15, 0.2) is 0 Å². The molecule has 0 aliphatic heterocycles. The smallest absolute Gasteiger partial charge is 0.278 e. The van der Waals surface area contributed by atoms with Crippen LogP contribution in [-0.4, -0.2) is 23.0 Å². The van der Waals surface area contributed by atoms with E-state index in [1.165, 1.54) is 0 Å². The second-order valence-corrected chi connectivity index (χ2v) is 4.32. The monoisotopic (exact) mass is 245 g/mol. The van der Waals surface area contributed by atoms with E-state index in [2.05, 4.69) is 17.2 Å². The van der Waals surface area contributed by atoms with Crippen LogP contribution in [0.4, 0.5) is 5.69 Å². The van der Waals surface area contributed by atoms with Crippen molar-refractivity contribution in [3.05, 3.63) is 46.3 Å². The van der Waals surface area contributed by atoms with Crippen molar-refractivity contribution in [1.29, 1.82) is 0 Å². The molecule has 0 fully saturated rings. The molecule has 0 radical (unpaired) electrons. The Morgan fingerprint density at radius 1 is 1.39 bits per heavy atom. The number of nitro groups is 1. The maximum Gasteiger partial charge on any atom is 0.278 e. The molecule has 2 aromatic rings. The molecule has 5 heteroatoms. The number of nitrogens with one attached hydrogen (secondary N) is 1. The molecule has 0 saturated heterocycles. The topological polar surface area (TPSA) is 68.1 Å². The third-order valence-corrected chi connectivity index (χ3v) is 3.10. The minimum absolute atomic E-state index is 0.110. The molecule has 0 amide bonds. The molecule has 1 aromatic heterocycles. The fraction of sp³-hybridized carbons (Fsp3) is 0.308. The maximum atomic E-state index is 11.0. The molecule has 1 N–H and O–H groups in total. The number of aromatic nitrogens is 1. The summed E-state index contributed by atoms with van der Waals surface area (Å²) in [5.74, 6) is 0. The molecule has 0 bridgehead atoms. The first-order chi connectivity index (χ1) is 8.63. The average molecular weight is 245 g/mol. The van der Waals surface area contributed by atoms with E-state index in [1.54, 1.807) is 18.5 Å². The van der Waals surface area contributed by atoms with Crippen molar-refractivity contribution in [2.45, 2.75) is 19.4 Å². The molecule has 1 unspecified atom stereocenters. The van der Waals surface area contributed by atoms with Crippen molar-refractivity contribution in [3.63, 3.8) is 0 Å². The molecule has 1 atom stereocenters. The summed E-state index contributed by atoms with van der Waals surface area (Å²) in [5, 5.41) is 15.6. The fourth-order valence-electron chi connectivity index (χ4n) is 2.01. The van der Waals surface area contributed by atoms with Gasteiger partial charge >= 0.3 is 0 Å². The van der Waals surface area contributed by atoms with Crippen molar-refractivity contribution in [2.24, 2.45) is 0 Å². The van der Waals surface area contributed by atoms with Crippen LogP contribution >= 0.6 is 0 Å². The summed E-state index contributed by atoms with van der Waals surface area (Å²) < 4.78 is 0. The Bertz CT molecular complexity index is 583. The Hall–Kier alpha value is -2.01. The van der Waals surface area contributed by atoms with Gasteiger partial charge in [-0.2, -0.15) is 0 Å². The first-order valence-electron chi connectivity index (χ1n) is 5.80. The zero-order valence-corrected chi connectivity index (χ0v) is 10.4. The number of hydrogen-bond donors (Lipinski definition) is 1. The van der Waals surface area contributed by atoms with Gasteiger partial charge in [-0.3, -0.25) is 15.1 Å². The summed E-state index contributed by atoms with van der Waals surface area (Å²) >= 11 is 0. The van der Waals surface area contributed by atoms with Gasteiger partial charge in [0.25, 0.3) is 5.69 Å². The predicted molar refractivity (Wildman–Crippen MR) is 70.6 cm³/mol. The number of likely N-dealkylation sites (N-methyl/N-ethyl adjacent to an activating group) is 1. The standard InChI is InChI=1S/C13H15N3O2/c1-9(14-2)7-10-3-4-13(16(17)18)12-8-15-6-5-11(10)12/h3-6,8-9,14H,7H2,1-2H3. The number of non-ortho nitro benzene ring substituents is 1. The highest BCUT2D eigenvalue weighted by atomic mass is 16.6. The second-order valence-electron chi connectivity index (χ2n) is 4.32. The van der Waals surface area contributed by atoms with E-state index < -0.39 is 0 Å². The van der Waals surface area contributed by atoms with Crippen molar-refractivity contribution >= 4 is 16.5 Å². The van der Waals surface area contributed by atoms with Crippen molar-refractivity contribution in [3.8, 4) is 0 Å². The number of nitro benzene ring substituents is 1. The maximum absolute atomic E-state index is 11.0. The molecular formula is C13H15N3O2. The Labute approximate surface area is 105 Å². The zero-order chi connectivity index (χ0) is 13.1. The lowest BCUT2D eigenvalue weighted by atomic mass is 9.99. The first-order valence-corrected chi connectivity index (χ1v) is 5.80. The van der Waals surface area contributed by atoms with Gasteiger partial charge in [0, 0.05) is 24.5 Å². The SMILES string of the molecule is CNC(C)Cc1ccc([N+](=O)[O-])c2cnccc12. The predicted octanol–water partition coefficient (Wildman–Crippen LogP) is 2.29. The van der Waals surface area contributed by atoms with Crippen molar-refractivity contribution in [1.82, 2.24) is 10.3 Å². The number of benzene rings is 1. The minimum Gasteiger partial charge on any atom is -0.317 e. The van der Waals surface area contributed by atoms with Crippen LogP contribution in [0.1, 0.15) is 12.5 Å². The van der Waals surface area contributed by atoms with Gasteiger partial charge in [0.05, 0.1) is 10.3 Å². The lowest BCUT2D eigenvalue weighted by Crippen LogP contribution is -2.23. The summed E-state index contributed by atoms with van der Waals surface area (Å²) in [6, 6.07) is 5.54. The Balaban J connectivity index is 2.57. The molecule has 1 aromatic carbocycles. The number of nitrogens with zero attached hydrogens (tertiary/aromatic N) is 2. The molecule has 1 heterocycles. The van der Waals surface area contributed by atoms with E-state index in [1.807, 2.05) is 19.2 Å². The zero-order valence-electron chi connectivity index (χ0n) is 10.4. The number of pyridine rings is 1. The minimum atomic E-state index is -0.366. The van der Waals surface area contributed by atoms with E-state index in [0.717, 1.165) is 17.4 Å². The van der Waals surface area contributed by atoms with E-state index in [0.29, 0.717) is 11.4 Å². The number of hydrogen-bond acceptors (Lipinski definition) is 4. The molecule has 0 spiro atoms. The second kappa shape index (κ2) is 5.10. The van der Waals surface area contributed by atoms with Crippen molar-refractivity contribution < 1.29 is 4.92 Å². The summed E-state index contributed by atoms with van der Waals surface area (Å²) in [7, 11) is 1.90. The van der Waals surface area contributed by atoms with E-state index in [4.69, 9.17) is 0 Å². The van der Waals surface area contributed by atoms with E-state index in [-0.39, 0.29) is 10.6 Å². The van der Waals surface area contributed by atoms with Gasteiger partial charge in [0.1, 0.15) is 0 Å². The summed E-state index contributed by atoms with van der Waals surface area (Å²) in [5.41, 5.74) is 1.21. The Kier molecular flexibility index (Phi) is 3.53. The van der Waals surface area contributed by atoms with Crippen LogP contribution in [0.5, 0.6) is 0 Å². The molecule has 5 nitrogen and oxygen atoms in total. The molecule has 0 saturated carbocycles. The van der Waals surface area contributed by atoms with Crippen LogP contribution in [-0.2, 0) is 6.42 Å². The summed E-state index contributed by atoms with van der Waals surface area (Å²) in [6.45, 7) is 2.08. The van der Waals surface area contributed by atoms with Gasteiger partial charge in [-0.05, 0) is 37.4 Å². The van der Waals surface area contributed by atoms with Gasteiger partial charge < -0.3 is 5.32 Å². The largest absolute Gasteiger partial charge is 0.317 e. The lowest BCUT2D eigenvalue weighted by molar-refractivity contribution is -0.383. The van der Waals surface area contributed by atoms with Crippen LogP contribution in [0.2, 0.25) is 0 Å². The molecule has 0 aliphatic rings. The lowest BCUT2D eigenvalue weighted by Gasteiger charge is -2.12. The van der Waals surface area contributed by atoms with Gasteiger partial charge in [0.2, 0.25) is 0 Å². The molecular weight excluding hydrogens is 230 g/mol. The molecule has 94 valence electrons. The first kappa shape index (κ1) is 12.4. The van der Waals surface area contributed by atoms with Gasteiger partial charge in [-0.15, -0.1) is 0 Å². The van der Waals surface area contributed by atoms with E-state index in [9.17, 15) is 10.1 Å². The number of rotatable bonds is 4. The third-order valence-electron chi connectivity index (χ3n) is 3.10. The summed E-state index contributed by atoms with van der Waals surface area (Å²) in [6.07, 6.45) is 4.05. The fourth-order valence-corrected chi connectivity index (χ4v) is 2.01. The third kappa shape index (κ3) is 2.31. The highest BCUT2D eigenvalue weighted by Gasteiger charge is 2.15. The van der Waals surface area contributed by atoms with Crippen LogP contribution < -0.4 is 5.32 Å². The number of fused-ring (bicyclic) bond motifs is 1. The van der Waals surface area contributed by atoms with Crippen LogP contribution in [0.3, 0.4) is 0 Å². The summed E-state index contributed by atoms with van der Waals surface area (Å²) in [4.78, 5) is 14.6. The van der Waals surface area contributed by atoms with Crippen LogP contribution in [0.15, 0.2) is 30.6 Å². The molecule has 18 heavy (non-hydrogen) atoms. The van der Waals surface area contributed by atoms with Crippen LogP contribution in [0, 0.1) is 10.1 Å². The van der Waals surface area contributed by atoms with Gasteiger partial charge in [-0.1, -0.05) is 6.07 Å². The highest BCUT2D eigenvalue weighted by Crippen LogP contribution is 2.28. The molecule has 2 rings (SSSR count). The van der Waals surface area contributed by atoms with Gasteiger partial charge in [-0.25, -0.2) is 0 Å². The highest BCUT2D eigenvalue weighted by molar-refractivity contribution is 5.92. The average Bonchev–Trinajstić information content (AvgIpc) is 2.38. The van der Waals surface area contributed by atoms with E-state index >= 15 is 0 Å². The Morgan fingerprint density at radius 3 is 2.83 bits per heavy atom.